The van der Waals surface area contributed by atoms with Gasteiger partial charge in [-0.25, -0.2) is 0 Å². The van der Waals surface area contributed by atoms with Gasteiger partial charge in [0.1, 0.15) is 5.76 Å². The molecule has 0 spiro atoms. The van der Waals surface area contributed by atoms with Gasteiger partial charge in [-0.2, -0.15) is 11.8 Å². The van der Waals surface area contributed by atoms with Gasteiger partial charge in [0.2, 0.25) is 0 Å². The third kappa shape index (κ3) is 4.31. The number of hydrogen-bond donors (Lipinski definition) is 1. The fourth-order valence-corrected chi connectivity index (χ4v) is 2.20. The van der Waals surface area contributed by atoms with E-state index in [1.165, 1.54) is 12.2 Å². The molecule has 0 fully saturated rings. The fraction of sp³-hybridized carbons (Fsp3) is 0.667. The van der Waals surface area contributed by atoms with Gasteiger partial charge in [0, 0.05) is 6.04 Å². The molecule has 1 rings (SSSR count). The van der Waals surface area contributed by atoms with Gasteiger partial charge in [-0.3, -0.25) is 0 Å². The Morgan fingerprint density at radius 2 is 2.33 bits per heavy atom. The Bertz CT molecular complexity index is 248. The molecule has 2 atom stereocenters. The molecule has 0 aliphatic carbocycles. The first-order valence-corrected chi connectivity index (χ1v) is 6.95. The van der Waals surface area contributed by atoms with Crippen LogP contribution in [-0.4, -0.2) is 18.1 Å². The van der Waals surface area contributed by atoms with E-state index in [-0.39, 0.29) is 0 Å². The van der Waals surface area contributed by atoms with Gasteiger partial charge in [0.05, 0.1) is 12.3 Å². The minimum atomic E-state index is 0.358. The molecule has 2 unspecified atom stereocenters. The summed E-state index contributed by atoms with van der Waals surface area (Å²) < 4.78 is 5.42. The van der Waals surface area contributed by atoms with Crippen molar-refractivity contribution in [2.24, 2.45) is 0 Å². The Morgan fingerprint density at radius 1 is 1.53 bits per heavy atom. The molecule has 0 aliphatic rings. The molecule has 15 heavy (non-hydrogen) atoms. The van der Waals surface area contributed by atoms with Crippen LogP contribution >= 0.6 is 11.8 Å². The van der Waals surface area contributed by atoms with Crippen molar-refractivity contribution in [3.63, 3.8) is 0 Å². The van der Waals surface area contributed by atoms with E-state index in [4.69, 9.17) is 4.42 Å². The number of furan rings is 1. The van der Waals surface area contributed by atoms with E-state index in [2.05, 4.69) is 25.4 Å². The second-order valence-electron chi connectivity index (χ2n) is 3.83. The molecule has 0 radical (unpaired) electrons. The monoisotopic (exact) mass is 227 g/mol. The van der Waals surface area contributed by atoms with Crippen molar-refractivity contribution >= 4 is 11.8 Å². The predicted octanol–water partition coefficient (Wildman–Crippen LogP) is 3.46. The first-order chi connectivity index (χ1) is 7.27. The summed E-state index contributed by atoms with van der Waals surface area (Å²) in [5.74, 6) is 2.26. The maximum absolute atomic E-state index is 5.42. The second-order valence-corrected chi connectivity index (χ2v) is 4.81. The van der Waals surface area contributed by atoms with Crippen LogP contribution in [0.3, 0.4) is 0 Å². The molecule has 1 aromatic rings. The Hall–Kier alpha value is -0.410. The lowest BCUT2D eigenvalue weighted by molar-refractivity contribution is 0.369. The predicted molar refractivity (Wildman–Crippen MR) is 67.3 cm³/mol. The van der Waals surface area contributed by atoms with E-state index in [9.17, 15) is 0 Å². The van der Waals surface area contributed by atoms with Crippen molar-refractivity contribution in [2.75, 3.05) is 12.0 Å². The number of thioether (sulfide) groups is 1. The molecule has 0 aromatic carbocycles. The quantitative estimate of drug-likeness (QED) is 0.772. The van der Waals surface area contributed by atoms with Crippen molar-refractivity contribution in [1.82, 2.24) is 5.32 Å². The molecule has 0 amide bonds. The van der Waals surface area contributed by atoms with Crippen LogP contribution in [0.4, 0.5) is 0 Å². The van der Waals surface area contributed by atoms with Crippen LogP contribution in [0.15, 0.2) is 22.8 Å². The number of nitrogens with one attached hydrogen (secondary N) is 1. The molecule has 0 aliphatic heterocycles. The third-order valence-corrected chi connectivity index (χ3v) is 3.18. The zero-order valence-electron chi connectivity index (χ0n) is 9.82. The van der Waals surface area contributed by atoms with Crippen molar-refractivity contribution < 1.29 is 4.42 Å². The van der Waals surface area contributed by atoms with E-state index < -0.39 is 0 Å². The fourth-order valence-electron chi connectivity index (χ4n) is 1.61. The number of hydrogen-bond acceptors (Lipinski definition) is 3. The van der Waals surface area contributed by atoms with Gasteiger partial charge in [-0.1, -0.05) is 6.92 Å². The molecule has 0 saturated carbocycles. The normalized spacial score (nSPS) is 15.1. The third-order valence-electron chi connectivity index (χ3n) is 2.54. The van der Waals surface area contributed by atoms with E-state index in [0.29, 0.717) is 12.1 Å². The maximum atomic E-state index is 5.42. The van der Waals surface area contributed by atoms with Crippen LogP contribution in [0.25, 0.3) is 0 Å². The van der Waals surface area contributed by atoms with Crippen LogP contribution in [0.5, 0.6) is 0 Å². The Kier molecular flexibility index (Phi) is 5.88. The van der Waals surface area contributed by atoms with E-state index in [0.717, 1.165) is 12.2 Å². The first kappa shape index (κ1) is 12.7. The minimum Gasteiger partial charge on any atom is -0.468 e. The van der Waals surface area contributed by atoms with Crippen LogP contribution in [0.1, 0.15) is 38.5 Å². The summed E-state index contributed by atoms with van der Waals surface area (Å²) in [6.45, 7) is 4.42. The largest absolute Gasteiger partial charge is 0.468 e. The lowest BCUT2D eigenvalue weighted by Crippen LogP contribution is -2.30. The standard InChI is InChI=1S/C12H21NOS/c1-4-11(12-6-5-8-14-12)13-10(2)7-9-15-3/h5-6,8,10-11,13H,4,7,9H2,1-3H3. The summed E-state index contributed by atoms with van der Waals surface area (Å²) in [4.78, 5) is 0. The summed E-state index contributed by atoms with van der Waals surface area (Å²) in [5.41, 5.74) is 0. The molecule has 1 heterocycles. The maximum Gasteiger partial charge on any atom is 0.120 e. The topological polar surface area (TPSA) is 25.2 Å². The smallest absolute Gasteiger partial charge is 0.120 e. The Balaban J connectivity index is 2.40. The van der Waals surface area contributed by atoms with Crippen molar-refractivity contribution in [1.29, 1.82) is 0 Å². The van der Waals surface area contributed by atoms with Crippen LogP contribution in [-0.2, 0) is 0 Å². The molecule has 2 nitrogen and oxygen atoms in total. The minimum absolute atomic E-state index is 0.358. The molecular formula is C12H21NOS. The lowest BCUT2D eigenvalue weighted by Gasteiger charge is -2.20. The van der Waals surface area contributed by atoms with Gasteiger partial charge < -0.3 is 9.73 Å². The zero-order chi connectivity index (χ0) is 11.1. The summed E-state index contributed by atoms with van der Waals surface area (Å²) >= 11 is 1.90. The summed E-state index contributed by atoms with van der Waals surface area (Å²) in [7, 11) is 0. The van der Waals surface area contributed by atoms with Gasteiger partial charge in [-0.15, -0.1) is 0 Å². The Labute approximate surface area is 96.8 Å². The summed E-state index contributed by atoms with van der Waals surface area (Å²) in [6, 6.07) is 4.90. The van der Waals surface area contributed by atoms with Gasteiger partial charge in [0.25, 0.3) is 0 Å². The molecule has 1 N–H and O–H groups in total. The zero-order valence-corrected chi connectivity index (χ0v) is 10.6. The highest BCUT2D eigenvalue weighted by Crippen LogP contribution is 2.18. The Morgan fingerprint density at radius 3 is 2.87 bits per heavy atom. The molecular weight excluding hydrogens is 206 g/mol. The van der Waals surface area contributed by atoms with E-state index in [1.54, 1.807) is 6.26 Å². The van der Waals surface area contributed by atoms with Crippen molar-refractivity contribution in [3.8, 4) is 0 Å². The molecule has 1 aromatic heterocycles. The average molecular weight is 227 g/mol. The van der Waals surface area contributed by atoms with E-state index >= 15 is 0 Å². The summed E-state index contributed by atoms with van der Waals surface area (Å²) in [6.07, 6.45) is 6.16. The second kappa shape index (κ2) is 6.96. The van der Waals surface area contributed by atoms with Crippen LogP contribution < -0.4 is 5.32 Å². The summed E-state index contributed by atoms with van der Waals surface area (Å²) in [5, 5.41) is 3.60. The highest BCUT2D eigenvalue weighted by Gasteiger charge is 2.14. The van der Waals surface area contributed by atoms with Gasteiger partial charge in [-0.05, 0) is 43.9 Å². The van der Waals surface area contributed by atoms with E-state index in [1.807, 2.05) is 23.9 Å². The average Bonchev–Trinajstić information content (AvgIpc) is 2.76. The molecule has 0 bridgehead atoms. The van der Waals surface area contributed by atoms with Crippen LogP contribution in [0, 0.1) is 0 Å². The molecule has 86 valence electrons. The first-order valence-electron chi connectivity index (χ1n) is 5.56. The van der Waals surface area contributed by atoms with Crippen molar-refractivity contribution in [3.05, 3.63) is 24.2 Å². The number of rotatable bonds is 7. The highest BCUT2D eigenvalue weighted by atomic mass is 32.2. The van der Waals surface area contributed by atoms with Crippen LogP contribution in [0.2, 0.25) is 0 Å². The van der Waals surface area contributed by atoms with Gasteiger partial charge >= 0.3 is 0 Å². The lowest BCUT2D eigenvalue weighted by atomic mass is 10.1. The molecule has 3 heteroatoms. The highest BCUT2D eigenvalue weighted by molar-refractivity contribution is 7.98. The SMILES string of the molecule is CCC(NC(C)CCSC)c1ccco1. The van der Waals surface area contributed by atoms with Crippen molar-refractivity contribution in [2.45, 2.75) is 38.8 Å². The van der Waals surface area contributed by atoms with Gasteiger partial charge in [0.15, 0.2) is 0 Å². The molecule has 0 saturated heterocycles.